The molecular weight excluding hydrogens is 332 g/mol. The van der Waals surface area contributed by atoms with Gasteiger partial charge in [0, 0.05) is 0 Å². The van der Waals surface area contributed by atoms with Crippen molar-refractivity contribution < 1.29 is 9.72 Å². The van der Waals surface area contributed by atoms with E-state index in [0.717, 1.165) is 24.6 Å². The third kappa shape index (κ3) is 4.47. The molecule has 2 rings (SSSR count). The summed E-state index contributed by atoms with van der Waals surface area (Å²) in [7, 11) is 0. The van der Waals surface area contributed by atoms with Crippen molar-refractivity contribution in [1.82, 2.24) is 15.1 Å². The van der Waals surface area contributed by atoms with Crippen LogP contribution in [-0.4, -0.2) is 20.6 Å². The summed E-state index contributed by atoms with van der Waals surface area (Å²) < 4.78 is 1.31. The van der Waals surface area contributed by atoms with Crippen LogP contribution in [0, 0.1) is 10.1 Å². The maximum atomic E-state index is 12.5. The molecule has 26 heavy (non-hydrogen) atoms. The third-order valence-corrected chi connectivity index (χ3v) is 4.82. The number of nitrogens with zero attached hydrogens (tertiary/aromatic N) is 3. The Morgan fingerprint density at radius 2 is 1.81 bits per heavy atom. The SMILES string of the molecule is CCC(C)c1ccc(C(CC)NC(=O)C(C)n2cc([N+](=O)[O-])cn2)cc1. The van der Waals surface area contributed by atoms with Crippen LogP contribution in [0.5, 0.6) is 0 Å². The highest BCUT2D eigenvalue weighted by molar-refractivity contribution is 5.80. The lowest BCUT2D eigenvalue weighted by Gasteiger charge is -2.21. The van der Waals surface area contributed by atoms with Gasteiger partial charge in [0.15, 0.2) is 0 Å². The average Bonchev–Trinajstić information content (AvgIpc) is 3.15. The van der Waals surface area contributed by atoms with Gasteiger partial charge in [0.1, 0.15) is 18.4 Å². The first-order valence-corrected chi connectivity index (χ1v) is 8.96. The van der Waals surface area contributed by atoms with Gasteiger partial charge in [-0.15, -0.1) is 0 Å². The number of carbonyl (C=O) groups is 1. The van der Waals surface area contributed by atoms with Crippen LogP contribution < -0.4 is 5.32 Å². The van der Waals surface area contributed by atoms with Crippen LogP contribution in [0.25, 0.3) is 0 Å². The van der Waals surface area contributed by atoms with Gasteiger partial charge >= 0.3 is 5.69 Å². The lowest BCUT2D eigenvalue weighted by Crippen LogP contribution is -2.34. The highest BCUT2D eigenvalue weighted by atomic mass is 16.6. The normalized spacial score (nSPS) is 14.5. The second kappa shape index (κ2) is 8.60. The van der Waals surface area contributed by atoms with E-state index in [1.807, 2.05) is 6.92 Å². The van der Waals surface area contributed by atoms with Crippen molar-refractivity contribution in [3.63, 3.8) is 0 Å². The van der Waals surface area contributed by atoms with Crippen molar-refractivity contribution in [3.8, 4) is 0 Å². The topological polar surface area (TPSA) is 90.1 Å². The molecular formula is C19H26N4O3. The molecule has 1 aromatic heterocycles. The van der Waals surface area contributed by atoms with Crippen LogP contribution in [0.3, 0.4) is 0 Å². The lowest BCUT2D eigenvalue weighted by atomic mass is 9.95. The molecule has 0 radical (unpaired) electrons. The van der Waals surface area contributed by atoms with E-state index in [4.69, 9.17) is 0 Å². The molecule has 0 saturated carbocycles. The second-order valence-electron chi connectivity index (χ2n) is 6.56. The molecule has 2 aromatic rings. The van der Waals surface area contributed by atoms with E-state index in [-0.39, 0.29) is 17.6 Å². The molecule has 0 spiro atoms. The molecule has 0 aliphatic carbocycles. The van der Waals surface area contributed by atoms with Gasteiger partial charge in [0.2, 0.25) is 5.91 Å². The van der Waals surface area contributed by atoms with Crippen molar-refractivity contribution in [2.45, 2.75) is 58.5 Å². The monoisotopic (exact) mass is 358 g/mol. The van der Waals surface area contributed by atoms with Crippen molar-refractivity contribution in [2.75, 3.05) is 0 Å². The first-order chi connectivity index (χ1) is 12.4. The zero-order chi connectivity index (χ0) is 19.3. The lowest BCUT2D eigenvalue weighted by molar-refractivity contribution is -0.385. The van der Waals surface area contributed by atoms with E-state index in [1.54, 1.807) is 6.92 Å². The Hall–Kier alpha value is -2.70. The third-order valence-electron chi connectivity index (χ3n) is 4.82. The van der Waals surface area contributed by atoms with Crippen LogP contribution >= 0.6 is 0 Å². The number of benzene rings is 1. The molecule has 0 saturated heterocycles. The van der Waals surface area contributed by atoms with E-state index in [2.05, 4.69) is 48.5 Å². The van der Waals surface area contributed by atoms with Crippen LogP contribution in [0.15, 0.2) is 36.7 Å². The Kier molecular flexibility index (Phi) is 6.49. The average molecular weight is 358 g/mol. The second-order valence-corrected chi connectivity index (χ2v) is 6.56. The van der Waals surface area contributed by atoms with Gasteiger partial charge < -0.3 is 5.32 Å². The predicted molar refractivity (Wildman–Crippen MR) is 99.9 cm³/mol. The summed E-state index contributed by atoms with van der Waals surface area (Å²) in [5.74, 6) is 0.287. The Morgan fingerprint density at radius 1 is 1.19 bits per heavy atom. The van der Waals surface area contributed by atoms with Gasteiger partial charge in [-0.25, -0.2) is 0 Å². The fourth-order valence-corrected chi connectivity index (χ4v) is 2.76. The van der Waals surface area contributed by atoms with Crippen molar-refractivity contribution in [2.24, 2.45) is 0 Å². The summed E-state index contributed by atoms with van der Waals surface area (Å²) in [6, 6.07) is 7.59. The van der Waals surface area contributed by atoms with Crippen LogP contribution in [0.1, 0.15) is 69.7 Å². The summed E-state index contributed by atoms with van der Waals surface area (Å²) >= 11 is 0. The first-order valence-electron chi connectivity index (χ1n) is 8.96. The number of amides is 1. The quantitative estimate of drug-likeness (QED) is 0.567. The molecule has 1 aromatic carbocycles. The maximum absolute atomic E-state index is 12.5. The zero-order valence-corrected chi connectivity index (χ0v) is 15.7. The molecule has 7 heteroatoms. The van der Waals surface area contributed by atoms with E-state index < -0.39 is 11.0 Å². The number of rotatable bonds is 8. The summed E-state index contributed by atoms with van der Waals surface area (Å²) in [4.78, 5) is 22.8. The number of hydrogen-bond acceptors (Lipinski definition) is 4. The van der Waals surface area contributed by atoms with Gasteiger partial charge in [0.25, 0.3) is 0 Å². The minimum Gasteiger partial charge on any atom is -0.347 e. The number of aromatic nitrogens is 2. The largest absolute Gasteiger partial charge is 0.347 e. The van der Waals surface area contributed by atoms with Crippen molar-refractivity contribution >= 4 is 11.6 Å². The molecule has 1 heterocycles. The van der Waals surface area contributed by atoms with Gasteiger partial charge in [0.05, 0.1) is 11.0 Å². The molecule has 0 fully saturated rings. The molecule has 1 N–H and O–H groups in total. The summed E-state index contributed by atoms with van der Waals surface area (Å²) in [6.45, 7) is 8.04. The fraction of sp³-hybridized carbons (Fsp3) is 0.474. The number of nitro groups is 1. The van der Waals surface area contributed by atoms with E-state index in [9.17, 15) is 14.9 Å². The Labute approximate surface area is 153 Å². The first kappa shape index (κ1) is 19.6. The maximum Gasteiger partial charge on any atom is 0.307 e. The Bertz CT molecular complexity index is 754. The summed E-state index contributed by atoms with van der Waals surface area (Å²) in [6.07, 6.45) is 4.25. The molecule has 3 unspecified atom stereocenters. The van der Waals surface area contributed by atoms with Gasteiger partial charge in [-0.05, 0) is 36.8 Å². The molecule has 1 amide bonds. The van der Waals surface area contributed by atoms with Gasteiger partial charge in [-0.2, -0.15) is 5.10 Å². The Balaban J connectivity index is 2.08. The van der Waals surface area contributed by atoms with Crippen LogP contribution in [-0.2, 0) is 4.79 Å². The van der Waals surface area contributed by atoms with Crippen LogP contribution in [0.2, 0.25) is 0 Å². The molecule has 140 valence electrons. The van der Waals surface area contributed by atoms with Crippen molar-refractivity contribution in [3.05, 3.63) is 57.9 Å². The summed E-state index contributed by atoms with van der Waals surface area (Å²) in [5, 5.41) is 17.7. The predicted octanol–water partition coefficient (Wildman–Crippen LogP) is 4.13. The minimum atomic E-state index is -0.628. The van der Waals surface area contributed by atoms with E-state index in [0.29, 0.717) is 5.92 Å². The van der Waals surface area contributed by atoms with Gasteiger partial charge in [-0.1, -0.05) is 45.0 Å². The number of carbonyl (C=O) groups excluding carboxylic acids is 1. The van der Waals surface area contributed by atoms with Gasteiger partial charge in [-0.3, -0.25) is 19.6 Å². The molecule has 0 bridgehead atoms. The van der Waals surface area contributed by atoms with Crippen LogP contribution in [0.4, 0.5) is 5.69 Å². The number of hydrogen-bond donors (Lipinski definition) is 1. The highest BCUT2D eigenvalue weighted by Gasteiger charge is 2.22. The van der Waals surface area contributed by atoms with E-state index >= 15 is 0 Å². The molecule has 0 aliphatic rings. The molecule has 7 nitrogen and oxygen atoms in total. The summed E-state index contributed by atoms with van der Waals surface area (Å²) in [5.41, 5.74) is 2.21. The fourth-order valence-electron chi connectivity index (χ4n) is 2.76. The smallest absolute Gasteiger partial charge is 0.307 e. The zero-order valence-electron chi connectivity index (χ0n) is 15.7. The molecule has 3 atom stereocenters. The Morgan fingerprint density at radius 3 is 2.31 bits per heavy atom. The number of nitrogens with one attached hydrogen (secondary N) is 1. The molecule has 0 aliphatic heterocycles. The van der Waals surface area contributed by atoms with E-state index in [1.165, 1.54) is 16.4 Å². The van der Waals surface area contributed by atoms with Crippen molar-refractivity contribution in [1.29, 1.82) is 0 Å². The highest BCUT2D eigenvalue weighted by Crippen LogP contribution is 2.23. The minimum absolute atomic E-state index is 0.110. The standard InChI is InChI=1S/C19H26N4O3/c1-5-13(3)15-7-9-16(10-8-15)18(6-2)21-19(24)14(4)22-12-17(11-20-22)23(25)26/h7-14,18H,5-6H2,1-4H3,(H,21,24).